The van der Waals surface area contributed by atoms with Crippen LogP contribution in [0.4, 0.5) is 0 Å². The predicted octanol–water partition coefficient (Wildman–Crippen LogP) is 5.51. The van der Waals surface area contributed by atoms with Crippen molar-refractivity contribution in [2.24, 2.45) is 0 Å². The number of thiophene rings is 1. The van der Waals surface area contributed by atoms with E-state index in [0.29, 0.717) is 35.4 Å². The quantitative estimate of drug-likeness (QED) is 0.387. The number of carbonyl (C=O) groups is 1. The Hall–Kier alpha value is -3.58. The van der Waals surface area contributed by atoms with Crippen LogP contribution in [-0.2, 0) is 11.3 Å². The van der Waals surface area contributed by atoms with Crippen LogP contribution in [0.25, 0.3) is 21.9 Å². The van der Waals surface area contributed by atoms with E-state index in [9.17, 15) is 4.79 Å². The van der Waals surface area contributed by atoms with Gasteiger partial charge in [-0.15, -0.1) is 11.3 Å². The van der Waals surface area contributed by atoms with Crippen LogP contribution in [0, 0.1) is 6.92 Å². The number of ether oxygens (including phenoxy) is 3. The van der Waals surface area contributed by atoms with Crippen LogP contribution in [0.5, 0.6) is 11.5 Å². The average Bonchev–Trinajstić information content (AvgIpc) is 3.45. The maximum absolute atomic E-state index is 12.6. The van der Waals surface area contributed by atoms with E-state index in [2.05, 4.69) is 4.98 Å². The van der Waals surface area contributed by atoms with Crippen molar-refractivity contribution < 1.29 is 23.4 Å². The lowest BCUT2D eigenvalue weighted by atomic mass is 10.1. The van der Waals surface area contributed by atoms with Crippen LogP contribution in [0.3, 0.4) is 0 Å². The minimum Gasteiger partial charge on any atom is -0.486 e. The summed E-state index contributed by atoms with van der Waals surface area (Å²) in [6.45, 7) is 2.96. The van der Waals surface area contributed by atoms with Crippen LogP contribution >= 0.6 is 11.3 Å². The predicted molar refractivity (Wildman–Crippen MR) is 117 cm³/mol. The molecule has 2 aromatic heterocycles. The molecule has 0 saturated heterocycles. The molecule has 3 heterocycles. The van der Waals surface area contributed by atoms with Crippen molar-refractivity contribution in [2.45, 2.75) is 13.5 Å². The first-order valence-electron chi connectivity index (χ1n) is 9.86. The van der Waals surface area contributed by atoms with Gasteiger partial charge in [-0.25, -0.2) is 9.78 Å². The summed E-state index contributed by atoms with van der Waals surface area (Å²) in [7, 11) is 0. The summed E-state index contributed by atoms with van der Waals surface area (Å²) in [4.78, 5) is 18.5. The first-order chi connectivity index (χ1) is 15.2. The maximum Gasteiger partial charge on any atom is 0.348 e. The van der Waals surface area contributed by atoms with Gasteiger partial charge in [0.15, 0.2) is 11.5 Å². The molecular weight excluding hydrogens is 414 g/mol. The molecule has 0 N–H and O–H groups in total. The smallest absolute Gasteiger partial charge is 0.348 e. The highest BCUT2D eigenvalue weighted by Crippen LogP contribution is 2.37. The Balaban J connectivity index is 1.27. The standard InChI is InChI=1S/C24H19NO5S/c1-15-18(25-23(30-15)16-5-3-2-4-6-16)14-29-24(26)22-10-9-21(31-22)17-7-8-19-20(13-17)28-12-11-27-19/h2-10,13H,11-12,14H2,1H3. The topological polar surface area (TPSA) is 70.8 Å². The normalized spacial score (nSPS) is 12.5. The molecule has 0 atom stereocenters. The van der Waals surface area contributed by atoms with E-state index < -0.39 is 5.97 Å². The molecule has 31 heavy (non-hydrogen) atoms. The molecule has 0 fully saturated rings. The monoisotopic (exact) mass is 433 g/mol. The van der Waals surface area contributed by atoms with Crippen molar-refractivity contribution in [2.75, 3.05) is 13.2 Å². The number of fused-ring (bicyclic) bond motifs is 1. The molecule has 0 amide bonds. The summed E-state index contributed by atoms with van der Waals surface area (Å²) < 4.78 is 22.4. The molecule has 0 radical (unpaired) electrons. The number of esters is 1. The Bertz CT molecular complexity index is 1230. The molecule has 1 aliphatic heterocycles. The zero-order valence-corrected chi connectivity index (χ0v) is 17.6. The van der Waals surface area contributed by atoms with E-state index in [1.165, 1.54) is 11.3 Å². The SMILES string of the molecule is Cc1oc(-c2ccccc2)nc1COC(=O)c1ccc(-c2ccc3c(c2)OCCO3)s1. The molecule has 1 aliphatic rings. The fourth-order valence-corrected chi connectivity index (χ4v) is 4.17. The Morgan fingerprint density at radius 1 is 1.00 bits per heavy atom. The first kappa shape index (κ1) is 19.4. The largest absolute Gasteiger partial charge is 0.486 e. The number of hydrogen-bond acceptors (Lipinski definition) is 7. The van der Waals surface area contributed by atoms with Gasteiger partial charge < -0.3 is 18.6 Å². The molecule has 7 heteroatoms. The Labute approximate surface area is 183 Å². The number of rotatable bonds is 5. The van der Waals surface area contributed by atoms with Crippen LogP contribution in [0.2, 0.25) is 0 Å². The van der Waals surface area contributed by atoms with E-state index in [1.807, 2.05) is 61.5 Å². The second-order valence-corrected chi connectivity index (χ2v) is 8.07. The number of aryl methyl sites for hydroxylation is 1. The molecule has 0 unspecified atom stereocenters. The Kier molecular flexibility index (Phi) is 5.18. The van der Waals surface area contributed by atoms with Crippen molar-refractivity contribution in [3.05, 3.63) is 77.0 Å². The van der Waals surface area contributed by atoms with Gasteiger partial charge in [0.05, 0.1) is 0 Å². The van der Waals surface area contributed by atoms with Gasteiger partial charge in [0, 0.05) is 10.4 Å². The summed E-state index contributed by atoms with van der Waals surface area (Å²) >= 11 is 1.37. The van der Waals surface area contributed by atoms with Crippen molar-refractivity contribution >= 4 is 17.3 Å². The lowest BCUT2D eigenvalue weighted by Gasteiger charge is -2.18. The molecule has 5 rings (SSSR count). The highest BCUT2D eigenvalue weighted by molar-refractivity contribution is 7.17. The highest BCUT2D eigenvalue weighted by atomic mass is 32.1. The fourth-order valence-electron chi connectivity index (χ4n) is 3.27. The third-order valence-corrected chi connectivity index (χ3v) is 6.00. The Morgan fingerprint density at radius 2 is 1.81 bits per heavy atom. The van der Waals surface area contributed by atoms with Gasteiger partial charge in [0.2, 0.25) is 5.89 Å². The summed E-state index contributed by atoms with van der Waals surface area (Å²) in [6, 6.07) is 19.1. The van der Waals surface area contributed by atoms with Gasteiger partial charge in [-0.1, -0.05) is 18.2 Å². The van der Waals surface area contributed by atoms with Crippen molar-refractivity contribution in [1.29, 1.82) is 0 Å². The summed E-state index contributed by atoms with van der Waals surface area (Å²) in [6.07, 6.45) is 0. The minimum atomic E-state index is -0.391. The molecule has 156 valence electrons. The zero-order valence-electron chi connectivity index (χ0n) is 16.8. The van der Waals surface area contributed by atoms with Crippen LogP contribution in [0.15, 0.2) is 65.1 Å². The van der Waals surface area contributed by atoms with E-state index in [1.54, 1.807) is 6.07 Å². The molecule has 0 spiro atoms. The molecule has 0 saturated carbocycles. The van der Waals surface area contributed by atoms with Gasteiger partial charge >= 0.3 is 5.97 Å². The average molecular weight is 433 g/mol. The first-order valence-corrected chi connectivity index (χ1v) is 10.7. The third-order valence-electron chi connectivity index (χ3n) is 4.89. The van der Waals surface area contributed by atoms with E-state index >= 15 is 0 Å². The number of carbonyl (C=O) groups excluding carboxylic acids is 1. The molecule has 0 bridgehead atoms. The second-order valence-electron chi connectivity index (χ2n) is 6.99. The van der Waals surface area contributed by atoms with Gasteiger partial charge in [0.1, 0.15) is 36.2 Å². The van der Waals surface area contributed by atoms with Gasteiger partial charge in [-0.3, -0.25) is 0 Å². The molecule has 6 nitrogen and oxygen atoms in total. The minimum absolute atomic E-state index is 0.0538. The second kappa shape index (κ2) is 8.28. The van der Waals surface area contributed by atoms with E-state index in [4.69, 9.17) is 18.6 Å². The van der Waals surface area contributed by atoms with Crippen LogP contribution in [-0.4, -0.2) is 24.2 Å². The lowest BCUT2D eigenvalue weighted by Crippen LogP contribution is -2.15. The summed E-state index contributed by atoms with van der Waals surface area (Å²) in [5.74, 6) is 2.22. The van der Waals surface area contributed by atoms with Gasteiger partial charge in [-0.2, -0.15) is 0 Å². The summed E-state index contributed by atoms with van der Waals surface area (Å²) in [5, 5.41) is 0. The lowest BCUT2D eigenvalue weighted by molar-refractivity contribution is 0.0473. The number of oxazole rings is 1. The molecule has 0 aliphatic carbocycles. The van der Waals surface area contributed by atoms with Gasteiger partial charge in [0.25, 0.3) is 0 Å². The van der Waals surface area contributed by atoms with Crippen molar-refractivity contribution in [3.8, 4) is 33.4 Å². The molecular formula is C24H19NO5S. The summed E-state index contributed by atoms with van der Waals surface area (Å²) in [5.41, 5.74) is 2.45. The Morgan fingerprint density at radius 3 is 2.65 bits per heavy atom. The maximum atomic E-state index is 12.6. The molecule has 2 aromatic carbocycles. The highest BCUT2D eigenvalue weighted by Gasteiger charge is 2.17. The van der Waals surface area contributed by atoms with Crippen LogP contribution < -0.4 is 9.47 Å². The van der Waals surface area contributed by atoms with E-state index in [-0.39, 0.29) is 6.61 Å². The van der Waals surface area contributed by atoms with Gasteiger partial charge in [-0.05, 0) is 55.0 Å². The fraction of sp³-hybridized carbons (Fsp3) is 0.167. The zero-order chi connectivity index (χ0) is 21.2. The number of hydrogen-bond donors (Lipinski definition) is 0. The number of aromatic nitrogens is 1. The van der Waals surface area contributed by atoms with Crippen molar-refractivity contribution in [3.63, 3.8) is 0 Å². The third kappa shape index (κ3) is 4.04. The van der Waals surface area contributed by atoms with Crippen LogP contribution in [0.1, 0.15) is 21.1 Å². The number of benzene rings is 2. The van der Waals surface area contributed by atoms with Crippen molar-refractivity contribution in [1.82, 2.24) is 4.98 Å². The molecule has 4 aromatic rings. The number of nitrogens with zero attached hydrogens (tertiary/aromatic N) is 1. The van der Waals surface area contributed by atoms with E-state index in [0.717, 1.165) is 27.5 Å².